The predicted octanol–water partition coefficient (Wildman–Crippen LogP) is 20.5. The van der Waals surface area contributed by atoms with Crippen molar-refractivity contribution in [1.82, 2.24) is 33.2 Å². The van der Waals surface area contributed by atoms with Crippen LogP contribution in [-0.4, -0.2) is 33.2 Å². The second kappa shape index (κ2) is 20.3. The van der Waals surface area contributed by atoms with E-state index in [1.54, 1.807) is 6.07 Å². The molecule has 0 bridgehead atoms. The minimum atomic E-state index is 0.474. The van der Waals surface area contributed by atoms with Crippen LogP contribution in [0.2, 0.25) is 0 Å². The maximum Gasteiger partial charge on any atom is 0.164 e. The van der Waals surface area contributed by atoms with Crippen molar-refractivity contribution in [3.8, 4) is 85.2 Å². The molecule has 0 aliphatic heterocycles. The number of aromatic nitrogens is 7. The van der Waals surface area contributed by atoms with E-state index < -0.39 is 0 Å². The van der Waals surface area contributed by atoms with Gasteiger partial charge in [0.25, 0.3) is 0 Å². The van der Waals surface area contributed by atoms with Crippen LogP contribution in [0.5, 0.6) is 0 Å². The predicted molar refractivity (Wildman–Crippen MR) is 369 cm³/mol. The van der Waals surface area contributed by atoms with Gasteiger partial charge in [-0.1, -0.05) is 170 Å². The molecule has 5 heterocycles. The number of hydrogen-bond acceptors (Lipinski definition) is 4. The number of nitrogens with zero attached hydrogens (tertiary/aromatic N) is 8. The minimum Gasteiger partial charge on any atom is -0.309 e. The summed E-state index contributed by atoms with van der Waals surface area (Å²) in [7, 11) is 0. The van der Waals surface area contributed by atoms with Gasteiger partial charge in [-0.3, -0.25) is 0 Å². The van der Waals surface area contributed by atoms with Gasteiger partial charge in [0.1, 0.15) is 0 Å². The molecule has 18 rings (SSSR count). The molecule has 0 spiro atoms. The molecule has 8 nitrogen and oxygen atoms in total. The van der Waals surface area contributed by atoms with Crippen molar-refractivity contribution in [2.24, 2.45) is 0 Å². The van der Waals surface area contributed by atoms with E-state index in [1.807, 2.05) is 18.2 Å². The first kappa shape index (κ1) is 50.8. The lowest BCUT2D eigenvalue weighted by Crippen LogP contribution is -2.02. The van der Waals surface area contributed by atoms with Gasteiger partial charge in [-0.15, -0.1) is 0 Å². The largest absolute Gasteiger partial charge is 0.309 e. The Labute approximate surface area is 516 Å². The quantitative estimate of drug-likeness (QED) is 0.144. The van der Waals surface area contributed by atoms with E-state index in [9.17, 15) is 5.26 Å². The van der Waals surface area contributed by atoms with Gasteiger partial charge < -0.3 is 18.3 Å². The van der Waals surface area contributed by atoms with Crippen LogP contribution >= 0.6 is 0 Å². The number of rotatable bonds is 9. The third-order valence-corrected chi connectivity index (χ3v) is 18.0. The molecule has 0 aliphatic carbocycles. The van der Waals surface area contributed by atoms with E-state index in [0.717, 1.165) is 105 Å². The van der Waals surface area contributed by atoms with Crippen LogP contribution < -0.4 is 0 Å². The molecule has 0 amide bonds. The van der Waals surface area contributed by atoms with E-state index in [2.05, 4.69) is 303 Å². The van der Waals surface area contributed by atoms with E-state index >= 15 is 0 Å². The monoisotopic (exact) mass is 1150 g/mol. The fraction of sp³-hybridized carbons (Fsp3) is 0. The average molecular weight is 1150 g/mol. The molecular formula is C82H50N8. The van der Waals surface area contributed by atoms with Gasteiger partial charge >= 0.3 is 0 Å². The Morgan fingerprint density at radius 2 is 0.489 bits per heavy atom. The standard InChI is InChI=1S/C82H50N8/c83-51-52-18-15-19-57(44-52)80-84-81(58-20-16-26-62(45-58)89-74-34-13-9-30-66(74)70-49-55(38-42-78(70)89)53-36-40-76-68(47-53)64-28-7-11-32-72(64)87(76)60-22-3-1-4-23-60)86-82(85-80)59-21-17-27-63(46-59)90-75-35-14-10-31-67(75)71-50-56(39-43-79(71)90)54-37-41-77-69(48-54)65-29-8-12-33-73(65)88(77)61-24-5-2-6-25-61/h1-50H. The summed E-state index contributed by atoms with van der Waals surface area (Å²) in [5, 5.41) is 19.6. The van der Waals surface area contributed by atoms with Crippen LogP contribution in [0.1, 0.15) is 5.56 Å². The Morgan fingerprint density at radius 3 is 0.833 bits per heavy atom. The second-order valence-corrected chi connectivity index (χ2v) is 23.1. The summed E-state index contributed by atoms with van der Waals surface area (Å²) >= 11 is 0. The summed E-state index contributed by atoms with van der Waals surface area (Å²) in [6.07, 6.45) is 0. The highest BCUT2D eigenvalue weighted by Gasteiger charge is 2.21. The minimum absolute atomic E-state index is 0.474. The molecule has 8 heteroatoms. The maximum atomic E-state index is 10.1. The van der Waals surface area contributed by atoms with Gasteiger partial charge in [-0.2, -0.15) is 5.26 Å². The van der Waals surface area contributed by atoms with Crippen molar-refractivity contribution in [2.75, 3.05) is 0 Å². The zero-order valence-electron chi connectivity index (χ0n) is 48.4. The highest BCUT2D eigenvalue weighted by molar-refractivity contribution is 6.15. The Hall–Kier alpha value is -12.4. The van der Waals surface area contributed by atoms with Crippen molar-refractivity contribution in [3.63, 3.8) is 0 Å². The van der Waals surface area contributed by atoms with E-state index in [1.165, 1.54) is 43.6 Å². The molecule has 0 N–H and O–H groups in total. The lowest BCUT2D eigenvalue weighted by atomic mass is 10.0. The lowest BCUT2D eigenvalue weighted by Gasteiger charge is -2.13. The van der Waals surface area contributed by atoms with Gasteiger partial charge in [-0.25, -0.2) is 15.0 Å². The molecule has 0 saturated heterocycles. The van der Waals surface area contributed by atoms with Crippen LogP contribution in [0.15, 0.2) is 303 Å². The van der Waals surface area contributed by atoms with Crippen LogP contribution in [0.3, 0.4) is 0 Å². The third kappa shape index (κ3) is 8.11. The van der Waals surface area contributed by atoms with Crippen LogP contribution in [0, 0.1) is 11.3 Å². The summed E-state index contributed by atoms with van der Waals surface area (Å²) < 4.78 is 9.41. The first-order valence-electron chi connectivity index (χ1n) is 30.3. The SMILES string of the molecule is N#Cc1cccc(-c2nc(-c3cccc(-n4c5ccccc5c5cc(-c6ccc7c(c6)c6ccccc6n7-c6ccccc6)ccc54)c3)nc(-c3cccc(-n4c5ccccc5c5cc(-c6ccc7c(c6)c6ccccc6n7-c6ccccc6)ccc54)c3)n2)c1. The zero-order valence-corrected chi connectivity index (χ0v) is 48.4. The molecule has 0 fully saturated rings. The topological polar surface area (TPSA) is 82.2 Å². The number of benzene rings is 13. The number of para-hydroxylation sites is 6. The van der Waals surface area contributed by atoms with Gasteiger partial charge in [0, 0.05) is 82.5 Å². The van der Waals surface area contributed by atoms with Crippen LogP contribution in [0.25, 0.3) is 166 Å². The van der Waals surface area contributed by atoms with E-state index in [4.69, 9.17) is 15.0 Å². The molecule has 0 atom stereocenters. The van der Waals surface area contributed by atoms with Gasteiger partial charge in [0.15, 0.2) is 17.5 Å². The summed E-state index contributed by atoms with van der Waals surface area (Å²) in [6.45, 7) is 0. The molecule has 0 radical (unpaired) electrons. The fourth-order valence-corrected chi connectivity index (χ4v) is 13.9. The number of fused-ring (bicyclic) bond motifs is 12. The Balaban J connectivity index is 0.734. The van der Waals surface area contributed by atoms with Crippen molar-refractivity contribution >= 4 is 87.2 Å². The summed E-state index contributed by atoms with van der Waals surface area (Å²) in [5.74, 6) is 1.51. The maximum absolute atomic E-state index is 10.1. The van der Waals surface area contributed by atoms with Crippen molar-refractivity contribution in [1.29, 1.82) is 5.26 Å². The van der Waals surface area contributed by atoms with E-state index in [0.29, 0.717) is 23.0 Å². The summed E-state index contributed by atoms with van der Waals surface area (Å²) in [5.41, 5.74) is 20.8. The molecule has 18 aromatic rings. The Morgan fingerprint density at radius 1 is 0.211 bits per heavy atom. The Bertz CT molecular complexity index is 5660. The third-order valence-electron chi connectivity index (χ3n) is 18.0. The molecule has 0 unspecified atom stereocenters. The van der Waals surface area contributed by atoms with Crippen LogP contribution in [-0.2, 0) is 0 Å². The van der Waals surface area contributed by atoms with Gasteiger partial charge in [0.2, 0.25) is 0 Å². The van der Waals surface area contributed by atoms with Crippen molar-refractivity contribution < 1.29 is 0 Å². The smallest absolute Gasteiger partial charge is 0.164 e. The summed E-state index contributed by atoms with van der Waals surface area (Å²) in [6, 6.07) is 110. The lowest BCUT2D eigenvalue weighted by molar-refractivity contribution is 1.07. The molecule has 418 valence electrons. The number of nitriles is 1. The molecule has 5 aromatic heterocycles. The van der Waals surface area contributed by atoms with Gasteiger partial charge in [-0.05, 0) is 156 Å². The van der Waals surface area contributed by atoms with Gasteiger partial charge in [0.05, 0.1) is 55.8 Å². The fourth-order valence-electron chi connectivity index (χ4n) is 13.9. The Kier molecular flexibility index (Phi) is 11.5. The first-order chi connectivity index (χ1) is 44.6. The van der Waals surface area contributed by atoms with Crippen molar-refractivity contribution in [3.05, 3.63) is 309 Å². The van der Waals surface area contributed by atoms with E-state index in [-0.39, 0.29) is 0 Å². The first-order valence-corrected chi connectivity index (χ1v) is 30.3. The zero-order chi connectivity index (χ0) is 59.4. The van der Waals surface area contributed by atoms with Crippen LogP contribution in [0.4, 0.5) is 0 Å². The molecule has 0 aliphatic rings. The second-order valence-electron chi connectivity index (χ2n) is 23.1. The molecule has 13 aromatic carbocycles. The molecule has 0 saturated carbocycles. The highest BCUT2D eigenvalue weighted by Crippen LogP contribution is 2.42. The molecular weight excluding hydrogens is 1100 g/mol. The van der Waals surface area contributed by atoms with Crippen molar-refractivity contribution in [2.45, 2.75) is 0 Å². The highest BCUT2D eigenvalue weighted by atomic mass is 15.0. The molecule has 90 heavy (non-hydrogen) atoms. The normalized spacial score (nSPS) is 11.8. The number of hydrogen-bond donors (Lipinski definition) is 0. The summed E-state index contributed by atoms with van der Waals surface area (Å²) in [4.78, 5) is 15.8. The average Bonchev–Trinajstić information content (AvgIpc) is 1.65.